The Kier molecular flexibility index (Phi) is 4.69. The van der Waals surface area contributed by atoms with Crippen LogP contribution in [0.3, 0.4) is 0 Å². The maximum absolute atomic E-state index is 11.9. The van der Waals surface area contributed by atoms with Gasteiger partial charge in [0.1, 0.15) is 0 Å². The summed E-state index contributed by atoms with van der Waals surface area (Å²) in [6.07, 6.45) is 0.785. The number of aromatic nitrogens is 1. The van der Waals surface area contributed by atoms with Crippen molar-refractivity contribution in [3.63, 3.8) is 0 Å². The van der Waals surface area contributed by atoms with E-state index in [-0.39, 0.29) is 17.7 Å². The standard InChI is InChI=1S/C12H21N3O2/c1-8(2)10(13)5-6-15(4)12(16)11-7-9(3)14-17-11/h7-8,10H,5-6,13H2,1-4H3. The Morgan fingerprint density at radius 2 is 2.24 bits per heavy atom. The zero-order valence-electron chi connectivity index (χ0n) is 10.9. The molecule has 96 valence electrons. The van der Waals surface area contributed by atoms with Gasteiger partial charge in [-0.1, -0.05) is 19.0 Å². The van der Waals surface area contributed by atoms with Crippen molar-refractivity contribution in [2.75, 3.05) is 13.6 Å². The number of hydrogen-bond donors (Lipinski definition) is 1. The van der Waals surface area contributed by atoms with E-state index in [1.165, 1.54) is 0 Å². The Balaban J connectivity index is 2.48. The molecule has 5 nitrogen and oxygen atoms in total. The Bertz CT molecular complexity index is 374. The number of carbonyl (C=O) groups is 1. The number of aryl methyl sites for hydroxylation is 1. The number of amides is 1. The molecule has 0 bridgehead atoms. The summed E-state index contributed by atoms with van der Waals surface area (Å²) in [5.41, 5.74) is 6.64. The molecule has 17 heavy (non-hydrogen) atoms. The Morgan fingerprint density at radius 3 is 2.71 bits per heavy atom. The average molecular weight is 239 g/mol. The summed E-state index contributed by atoms with van der Waals surface area (Å²) in [4.78, 5) is 13.5. The molecule has 0 saturated carbocycles. The van der Waals surface area contributed by atoms with Crippen molar-refractivity contribution in [2.45, 2.75) is 33.2 Å². The molecule has 0 aliphatic carbocycles. The first-order valence-corrected chi connectivity index (χ1v) is 5.86. The van der Waals surface area contributed by atoms with Crippen LogP contribution in [0.25, 0.3) is 0 Å². The third-order valence-electron chi connectivity index (χ3n) is 2.84. The second-order valence-electron chi connectivity index (χ2n) is 4.76. The lowest BCUT2D eigenvalue weighted by atomic mass is 10.0. The quantitative estimate of drug-likeness (QED) is 0.843. The Morgan fingerprint density at radius 1 is 1.59 bits per heavy atom. The van der Waals surface area contributed by atoms with Gasteiger partial charge in [0.15, 0.2) is 0 Å². The van der Waals surface area contributed by atoms with Crippen molar-refractivity contribution >= 4 is 5.91 Å². The number of hydrogen-bond acceptors (Lipinski definition) is 4. The van der Waals surface area contributed by atoms with Gasteiger partial charge in [-0.2, -0.15) is 0 Å². The van der Waals surface area contributed by atoms with Crippen LogP contribution in [0.1, 0.15) is 36.5 Å². The molecule has 0 aliphatic heterocycles. The van der Waals surface area contributed by atoms with Gasteiger partial charge in [-0.05, 0) is 19.3 Å². The summed E-state index contributed by atoms with van der Waals surface area (Å²) in [7, 11) is 1.74. The van der Waals surface area contributed by atoms with Crippen molar-refractivity contribution in [3.05, 3.63) is 17.5 Å². The highest BCUT2D eigenvalue weighted by molar-refractivity contribution is 5.91. The predicted octanol–water partition coefficient (Wildman–Crippen LogP) is 1.43. The number of nitrogens with two attached hydrogens (primary N) is 1. The fourth-order valence-corrected chi connectivity index (χ4v) is 1.43. The summed E-state index contributed by atoms with van der Waals surface area (Å²) in [6.45, 7) is 6.56. The molecule has 0 radical (unpaired) electrons. The molecule has 1 aromatic heterocycles. The molecule has 0 aromatic carbocycles. The van der Waals surface area contributed by atoms with Gasteiger partial charge in [0.2, 0.25) is 5.76 Å². The summed E-state index contributed by atoms with van der Waals surface area (Å²) in [6, 6.07) is 1.75. The number of nitrogens with zero attached hydrogens (tertiary/aromatic N) is 2. The molecule has 1 unspecified atom stereocenters. The number of carbonyl (C=O) groups excluding carboxylic acids is 1. The van der Waals surface area contributed by atoms with Gasteiger partial charge in [0.25, 0.3) is 5.91 Å². The maximum Gasteiger partial charge on any atom is 0.292 e. The summed E-state index contributed by atoms with van der Waals surface area (Å²) >= 11 is 0. The first-order valence-electron chi connectivity index (χ1n) is 5.86. The molecule has 1 rings (SSSR count). The van der Waals surface area contributed by atoms with Gasteiger partial charge >= 0.3 is 0 Å². The second-order valence-corrected chi connectivity index (χ2v) is 4.76. The van der Waals surface area contributed by atoms with Gasteiger partial charge in [0, 0.05) is 25.7 Å². The summed E-state index contributed by atoms with van der Waals surface area (Å²) < 4.78 is 4.93. The van der Waals surface area contributed by atoms with E-state index >= 15 is 0 Å². The fourth-order valence-electron chi connectivity index (χ4n) is 1.43. The lowest BCUT2D eigenvalue weighted by Gasteiger charge is -2.20. The van der Waals surface area contributed by atoms with Crippen LogP contribution in [-0.4, -0.2) is 35.6 Å². The van der Waals surface area contributed by atoms with Crippen molar-refractivity contribution in [1.82, 2.24) is 10.1 Å². The lowest BCUT2D eigenvalue weighted by molar-refractivity contribution is 0.0748. The molecule has 1 amide bonds. The topological polar surface area (TPSA) is 72.4 Å². The zero-order valence-corrected chi connectivity index (χ0v) is 10.9. The van der Waals surface area contributed by atoms with Gasteiger partial charge in [-0.25, -0.2) is 0 Å². The molecule has 0 saturated heterocycles. The van der Waals surface area contributed by atoms with Crippen LogP contribution in [0.2, 0.25) is 0 Å². The largest absolute Gasteiger partial charge is 0.351 e. The van der Waals surface area contributed by atoms with Crippen LogP contribution in [0.15, 0.2) is 10.6 Å². The second kappa shape index (κ2) is 5.82. The summed E-state index contributed by atoms with van der Waals surface area (Å²) in [5, 5.41) is 3.70. The molecular formula is C12H21N3O2. The smallest absolute Gasteiger partial charge is 0.292 e. The summed E-state index contributed by atoms with van der Waals surface area (Å²) in [5.74, 6) is 0.552. The molecular weight excluding hydrogens is 218 g/mol. The van der Waals surface area contributed by atoms with E-state index in [4.69, 9.17) is 10.3 Å². The van der Waals surface area contributed by atoms with E-state index in [2.05, 4.69) is 19.0 Å². The predicted molar refractivity (Wildman–Crippen MR) is 65.6 cm³/mol. The van der Waals surface area contributed by atoms with Crippen molar-refractivity contribution < 1.29 is 9.32 Å². The van der Waals surface area contributed by atoms with Gasteiger partial charge < -0.3 is 15.2 Å². The molecule has 0 fully saturated rings. The molecule has 0 spiro atoms. The van der Waals surface area contributed by atoms with Crippen LogP contribution >= 0.6 is 0 Å². The van der Waals surface area contributed by atoms with Crippen LogP contribution in [0.4, 0.5) is 0 Å². The van der Waals surface area contributed by atoms with E-state index in [1.54, 1.807) is 24.9 Å². The highest BCUT2D eigenvalue weighted by Crippen LogP contribution is 2.08. The van der Waals surface area contributed by atoms with E-state index < -0.39 is 0 Å². The molecule has 5 heteroatoms. The van der Waals surface area contributed by atoms with Gasteiger partial charge in [0.05, 0.1) is 5.69 Å². The van der Waals surface area contributed by atoms with Crippen molar-refractivity contribution in [1.29, 1.82) is 0 Å². The first-order chi connectivity index (χ1) is 7.91. The monoisotopic (exact) mass is 239 g/mol. The maximum atomic E-state index is 11.9. The van der Waals surface area contributed by atoms with E-state index in [9.17, 15) is 4.79 Å². The minimum atomic E-state index is -0.151. The zero-order chi connectivity index (χ0) is 13.0. The van der Waals surface area contributed by atoms with Crippen LogP contribution in [0, 0.1) is 12.8 Å². The molecule has 2 N–H and O–H groups in total. The fraction of sp³-hybridized carbons (Fsp3) is 0.667. The first kappa shape index (κ1) is 13.7. The minimum absolute atomic E-state index is 0.113. The van der Waals surface area contributed by atoms with E-state index in [0.29, 0.717) is 18.2 Å². The molecule has 1 heterocycles. The van der Waals surface area contributed by atoms with E-state index in [0.717, 1.165) is 6.42 Å². The van der Waals surface area contributed by atoms with Gasteiger partial charge in [-0.15, -0.1) is 0 Å². The SMILES string of the molecule is Cc1cc(C(=O)N(C)CCC(N)C(C)C)on1. The molecule has 1 atom stereocenters. The normalized spacial score (nSPS) is 12.8. The van der Waals surface area contributed by atoms with Crippen molar-refractivity contribution in [3.8, 4) is 0 Å². The number of rotatable bonds is 5. The third kappa shape index (κ3) is 3.85. The van der Waals surface area contributed by atoms with Crippen molar-refractivity contribution in [2.24, 2.45) is 11.7 Å². The lowest BCUT2D eigenvalue weighted by Crippen LogP contribution is -2.34. The molecule has 1 aromatic rings. The van der Waals surface area contributed by atoms with Crippen LogP contribution in [-0.2, 0) is 0 Å². The third-order valence-corrected chi connectivity index (χ3v) is 2.84. The van der Waals surface area contributed by atoms with Crippen LogP contribution < -0.4 is 5.73 Å². The van der Waals surface area contributed by atoms with Gasteiger partial charge in [-0.3, -0.25) is 4.79 Å². The van der Waals surface area contributed by atoms with Crippen LogP contribution in [0.5, 0.6) is 0 Å². The van der Waals surface area contributed by atoms with E-state index in [1.807, 2.05) is 0 Å². The minimum Gasteiger partial charge on any atom is -0.351 e. The Labute approximate surface area is 102 Å². The highest BCUT2D eigenvalue weighted by Gasteiger charge is 2.17. The molecule has 0 aliphatic rings. The Hall–Kier alpha value is -1.36. The average Bonchev–Trinajstić information content (AvgIpc) is 2.70. The highest BCUT2D eigenvalue weighted by atomic mass is 16.5.